The minimum atomic E-state index is -3.12. The summed E-state index contributed by atoms with van der Waals surface area (Å²) in [6.07, 6.45) is 5.93. The number of aromatic amines is 1. The van der Waals surface area contributed by atoms with Gasteiger partial charge in [-0.25, -0.2) is 27.7 Å². The summed E-state index contributed by atoms with van der Waals surface area (Å²) in [6, 6.07) is 1.95. The zero-order valence-corrected chi connectivity index (χ0v) is 14.8. The highest BCUT2D eigenvalue weighted by Crippen LogP contribution is 2.38. The lowest BCUT2D eigenvalue weighted by atomic mass is 9.99. The Labute approximate surface area is 145 Å². The van der Waals surface area contributed by atoms with Crippen molar-refractivity contribution in [2.45, 2.75) is 37.4 Å². The molecule has 3 aromatic rings. The molecule has 1 unspecified atom stereocenters. The molecule has 1 aliphatic heterocycles. The van der Waals surface area contributed by atoms with Crippen LogP contribution in [0.2, 0.25) is 0 Å². The summed E-state index contributed by atoms with van der Waals surface area (Å²) < 4.78 is 26.8. The van der Waals surface area contributed by atoms with Crippen LogP contribution in [-0.2, 0) is 10.0 Å². The molecule has 2 fully saturated rings. The fourth-order valence-corrected chi connectivity index (χ4v) is 5.76. The van der Waals surface area contributed by atoms with Gasteiger partial charge >= 0.3 is 0 Å². The molecule has 1 saturated heterocycles. The average molecular weight is 357 g/mol. The van der Waals surface area contributed by atoms with Gasteiger partial charge in [0.25, 0.3) is 0 Å². The number of H-pyrrole nitrogens is 1. The summed E-state index contributed by atoms with van der Waals surface area (Å²) in [5.74, 6) is 0.949. The van der Waals surface area contributed by atoms with Gasteiger partial charge in [0, 0.05) is 41.7 Å². The molecule has 130 valence electrons. The number of sulfonamides is 1. The second kappa shape index (κ2) is 5.22. The molecule has 7 nitrogen and oxygen atoms in total. The molecule has 1 aliphatic carbocycles. The molecule has 0 bridgehead atoms. The highest BCUT2D eigenvalue weighted by Gasteiger charge is 2.43. The van der Waals surface area contributed by atoms with Crippen LogP contribution in [0.5, 0.6) is 0 Å². The second-order valence-electron chi connectivity index (χ2n) is 7.02. The van der Waals surface area contributed by atoms with Gasteiger partial charge in [0.2, 0.25) is 10.0 Å². The number of nitrogens with one attached hydrogen (secondary N) is 1. The first-order valence-corrected chi connectivity index (χ1v) is 10.1. The number of aromatic nitrogens is 4. The lowest BCUT2D eigenvalue weighted by Crippen LogP contribution is -2.31. The van der Waals surface area contributed by atoms with Gasteiger partial charge in [-0.3, -0.25) is 0 Å². The molecule has 0 radical (unpaired) electrons. The summed E-state index contributed by atoms with van der Waals surface area (Å²) in [6.45, 7) is 3.05. The van der Waals surface area contributed by atoms with Gasteiger partial charge < -0.3 is 4.98 Å². The SMILES string of the molecule is Cc1nc2cnc3nccc3c2c(C2CCN(S(=O)(=O)C3CC3)C2)[nH]1. The van der Waals surface area contributed by atoms with Crippen molar-refractivity contribution in [3.8, 4) is 0 Å². The van der Waals surface area contributed by atoms with Crippen LogP contribution in [0.25, 0.3) is 21.9 Å². The van der Waals surface area contributed by atoms with Gasteiger partial charge in [0.15, 0.2) is 5.65 Å². The summed E-state index contributed by atoms with van der Waals surface area (Å²) in [7, 11) is -3.12. The zero-order chi connectivity index (χ0) is 17.2. The number of pyridine rings is 1. The molecule has 1 saturated carbocycles. The Bertz CT molecular complexity index is 1090. The van der Waals surface area contributed by atoms with Crippen molar-refractivity contribution in [3.05, 3.63) is 30.0 Å². The third-order valence-corrected chi connectivity index (χ3v) is 7.62. The van der Waals surface area contributed by atoms with Crippen LogP contribution in [-0.4, -0.2) is 51.0 Å². The molecule has 0 aromatic carbocycles. The lowest BCUT2D eigenvalue weighted by Gasteiger charge is -2.18. The Morgan fingerprint density at radius 1 is 1.24 bits per heavy atom. The average Bonchev–Trinajstić information content (AvgIpc) is 3.15. The lowest BCUT2D eigenvalue weighted by molar-refractivity contribution is 0.471. The van der Waals surface area contributed by atoms with E-state index in [9.17, 15) is 8.42 Å². The van der Waals surface area contributed by atoms with E-state index in [0.29, 0.717) is 18.7 Å². The number of rotatable bonds is 3. The van der Waals surface area contributed by atoms with E-state index in [1.165, 1.54) is 0 Å². The summed E-state index contributed by atoms with van der Waals surface area (Å²) >= 11 is 0. The van der Waals surface area contributed by atoms with Crippen LogP contribution in [0.1, 0.15) is 36.7 Å². The van der Waals surface area contributed by atoms with Gasteiger partial charge in [-0.1, -0.05) is 0 Å². The van der Waals surface area contributed by atoms with Gasteiger partial charge in [-0.15, -0.1) is 0 Å². The highest BCUT2D eigenvalue weighted by atomic mass is 32.2. The molecule has 0 amide bonds. The van der Waals surface area contributed by atoms with E-state index < -0.39 is 10.0 Å². The van der Waals surface area contributed by atoms with E-state index in [0.717, 1.165) is 47.1 Å². The first-order valence-electron chi connectivity index (χ1n) is 8.63. The van der Waals surface area contributed by atoms with Gasteiger partial charge in [-0.2, -0.15) is 0 Å². The van der Waals surface area contributed by atoms with E-state index >= 15 is 0 Å². The van der Waals surface area contributed by atoms with Crippen molar-refractivity contribution in [2.75, 3.05) is 13.1 Å². The predicted molar refractivity (Wildman–Crippen MR) is 94.8 cm³/mol. The molecule has 0 spiro atoms. The Morgan fingerprint density at radius 3 is 2.88 bits per heavy atom. The maximum atomic E-state index is 12.6. The first kappa shape index (κ1) is 15.2. The van der Waals surface area contributed by atoms with Crippen LogP contribution in [0, 0.1) is 6.92 Å². The fraction of sp³-hybridized carbons (Fsp3) is 0.471. The van der Waals surface area contributed by atoms with E-state index in [1.54, 1.807) is 16.7 Å². The van der Waals surface area contributed by atoms with Gasteiger partial charge in [0.05, 0.1) is 17.0 Å². The van der Waals surface area contributed by atoms with Crippen molar-refractivity contribution in [2.24, 2.45) is 0 Å². The van der Waals surface area contributed by atoms with Crippen molar-refractivity contribution in [1.82, 2.24) is 24.2 Å². The van der Waals surface area contributed by atoms with Crippen molar-refractivity contribution in [1.29, 1.82) is 0 Å². The summed E-state index contributed by atoms with van der Waals surface area (Å²) in [5.41, 5.74) is 2.58. The molecule has 2 aliphatic rings. The Kier molecular flexibility index (Phi) is 3.18. The van der Waals surface area contributed by atoms with E-state index in [2.05, 4.69) is 19.9 Å². The molecule has 5 rings (SSSR count). The van der Waals surface area contributed by atoms with Gasteiger partial charge in [-0.05, 0) is 32.3 Å². The normalized spacial score (nSPS) is 22.2. The summed E-state index contributed by atoms with van der Waals surface area (Å²) in [4.78, 5) is 16.6. The maximum Gasteiger partial charge on any atom is 0.217 e. The number of aryl methyl sites for hydroxylation is 1. The molecule has 1 atom stereocenters. The van der Waals surface area contributed by atoms with Crippen LogP contribution < -0.4 is 0 Å². The van der Waals surface area contributed by atoms with Crippen LogP contribution >= 0.6 is 0 Å². The van der Waals surface area contributed by atoms with Gasteiger partial charge in [0.1, 0.15) is 5.82 Å². The smallest absolute Gasteiger partial charge is 0.217 e. The second-order valence-corrected chi connectivity index (χ2v) is 9.24. The topological polar surface area (TPSA) is 91.8 Å². The molecule has 1 N–H and O–H groups in total. The van der Waals surface area contributed by atoms with Crippen LogP contribution in [0.4, 0.5) is 0 Å². The largest absolute Gasteiger partial charge is 0.347 e. The third-order valence-electron chi connectivity index (χ3n) is 5.25. The number of hydrogen-bond donors (Lipinski definition) is 1. The minimum Gasteiger partial charge on any atom is -0.347 e. The zero-order valence-electron chi connectivity index (χ0n) is 13.9. The number of fused-ring (bicyclic) bond motifs is 3. The summed E-state index contributed by atoms with van der Waals surface area (Å²) in [5, 5.41) is 1.84. The Hall–Kier alpha value is -2.06. The molecular weight excluding hydrogens is 338 g/mol. The number of hydrogen-bond acceptors (Lipinski definition) is 5. The molecule has 3 aromatic heterocycles. The quantitative estimate of drug-likeness (QED) is 0.775. The molecular formula is C17H19N5O2S. The monoisotopic (exact) mass is 357 g/mol. The van der Waals surface area contributed by atoms with E-state index in [4.69, 9.17) is 0 Å². The van der Waals surface area contributed by atoms with Crippen LogP contribution in [0.15, 0.2) is 18.5 Å². The van der Waals surface area contributed by atoms with Crippen molar-refractivity contribution < 1.29 is 8.42 Å². The Morgan fingerprint density at radius 2 is 2.08 bits per heavy atom. The maximum absolute atomic E-state index is 12.6. The fourth-order valence-electron chi connectivity index (χ4n) is 3.86. The highest BCUT2D eigenvalue weighted by molar-refractivity contribution is 7.90. The van der Waals surface area contributed by atoms with Crippen molar-refractivity contribution in [3.63, 3.8) is 0 Å². The first-order chi connectivity index (χ1) is 12.0. The number of nitrogens with zero attached hydrogens (tertiary/aromatic N) is 4. The molecule has 4 heterocycles. The minimum absolute atomic E-state index is 0.137. The molecule has 25 heavy (non-hydrogen) atoms. The van der Waals surface area contributed by atoms with Crippen LogP contribution in [0.3, 0.4) is 0 Å². The predicted octanol–water partition coefficient (Wildman–Crippen LogP) is 2.10. The Balaban J connectivity index is 1.62. The third kappa shape index (κ3) is 2.35. The standard InChI is InChI=1S/C17H19N5O2S/c1-10-20-14-8-19-17-13(4-6-18-17)15(14)16(21-10)11-5-7-22(9-11)25(23,24)12-2-3-12/h4,6,8,11-12H,2-3,5,7,9H2,1H3,(H,20,21). The molecule has 8 heteroatoms. The van der Waals surface area contributed by atoms with E-state index in [-0.39, 0.29) is 11.2 Å². The van der Waals surface area contributed by atoms with E-state index in [1.807, 2.05) is 13.0 Å². The van der Waals surface area contributed by atoms with Crippen molar-refractivity contribution >= 4 is 32.0 Å².